The highest BCUT2D eigenvalue weighted by atomic mass is 17.1. The molecule has 3 rings (SSSR count). The Morgan fingerprint density at radius 1 is 0.679 bits per heavy atom. The van der Waals surface area contributed by atoms with Crippen molar-refractivity contribution in [2.75, 3.05) is 7.11 Å². The molecular formula is C23H24NO4-. The lowest BCUT2D eigenvalue weighted by Crippen LogP contribution is -2.24. The molecule has 0 spiro atoms. The highest BCUT2D eigenvalue weighted by Gasteiger charge is 2.22. The van der Waals surface area contributed by atoms with E-state index in [0.29, 0.717) is 17.2 Å². The number of hydrogen-bond donors (Lipinski definition) is 0. The van der Waals surface area contributed by atoms with Gasteiger partial charge >= 0.3 is 0 Å². The summed E-state index contributed by atoms with van der Waals surface area (Å²) in [6.45, 7) is 6.41. The zero-order valence-corrected chi connectivity index (χ0v) is 16.5. The Morgan fingerprint density at radius 2 is 1.07 bits per heavy atom. The molecule has 28 heavy (non-hydrogen) atoms. The van der Waals surface area contributed by atoms with Crippen LogP contribution in [0.2, 0.25) is 0 Å². The van der Waals surface area contributed by atoms with Gasteiger partial charge in [-0.05, 0) is 59.8 Å². The molecule has 0 amide bonds. The fourth-order valence-electron chi connectivity index (χ4n) is 2.90. The van der Waals surface area contributed by atoms with Crippen LogP contribution in [0.5, 0.6) is 17.2 Å². The zero-order chi connectivity index (χ0) is 20.1. The van der Waals surface area contributed by atoms with Crippen LogP contribution in [0, 0.1) is 12.1 Å². The molecule has 0 N–H and O–H groups in total. The van der Waals surface area contributed by atoms with Crippen molar-refractivity contribution < 1.29 is 14.4 Å². The summed E-state index contributed by atoms with van der Waals surface area (Å²) >= 11 is 0. The highest BCUT2D eigenvalue weighted by molar-refractivity contribution is 5.40. The summed E-state index contributed by atoms with van der Waals surface area (Å²) in [5.74, 6) is 1.43. The molecule has 5 nitrogen and oxygen atoms in total. The molecule has 0 saturated heterocycles. The monoisotopic (exact) mass is 378 g/mol. The molecule has 3 aromatic carbocycles. The van der Waals surface area contributed by atoms with Gasteiger partial charge in [-0.25, -0.2) is 0 Å². The minimum Gasteiger partial charge on any atom is -0.718 e. The van der Waals surface area contributed by atoms with Gasteiger partial charge in [-0.1, -0.05) is 55.8 Å². The first-order valence-electron chi connectivity index (χ1n) is 9.03. The molecule has 0 heterocycles. The van der Waals surface area contributed by atoms with Crippen molar-refractivity contribution in [3.8, 4) is 17.2 Å². The van der Waals surface area contributed by atoms with Crippen LogP contribution in [0.25, 0.3) is 0 Å². The SMILES string of the molecule is COc1ccc(ON([O-])Oc2ccc(C(C)(C)c3ccc(C)cc3)cc2)cc1. The lowest BCUT2D eigenvalue weighted by molar-refractivity contribution is -0.215. The van der Waals surface area contributed by atoms with Crippen LogP contribution in [0.3, 0.4) is 0 Å². The van der Waals surface area contributed by atoms with Gasteiger partial charge < -0.3 is 19.6 Å². The van der Waals surface area contributed by atoms with Crippen molar-refractivity contribution in [2.24, 2.45) is 0 Å². The molecule has 0 saturated carbocycles. The first-order chi connectivity index (χ1) is 13.4. The maximum absolute atomic E-state index is 11.9. The number of benzene rings is 3. The molecule has 0 aliphatic heterocycles. The predicted molar refractivity (Wildman–Crippen MR) is 109 cm³/mol. The Balaban J connectivity index is 1.65. The molecule has 146 valence electrons. The maximum Gasteiger partial charge on any atom is 0.150 e. The third-order valence-corrected chi connectivity index (χ3v) is 4.77. The van der Waals surface area contributed by atoms with Crippen LogP contribution >= 0.6 is 0 Å². The summed E-state index contributed by atoms with van der Waals surface area (Å²) in [6, 6.07) is 22.6. The summed E-state index contributed by atoms with van der Waals surface area (Å²) in [6.07, 6.45) is 0. The molecule has 0 atom stereocenters. The molecular weight excluding hydrogens is 354 g/mol. The van der Waals surface area contributed by atoms with Crippen molar-refractivity contribution in [2.45, 2.75) is 26.2 Å². The van der Waals surface area contributed by atoms with Crippen LogP contribution < -0.4 is 14.4 Å². The second kappa shape index (κ2) is 8.33. The Labute approximate surface area is 165 Å². The van der Waals surface area contributed by atoms with Crippen LogP contribution in [-0.2, 0) is 5.41 Å². The lowest BCUT2D eigenvalue weighted by atomic mass is 9.78. The average Bonchev–Trinajstić information content (AvgIpc) is 2.69. The molecule has 0 radical (unpaired) electrons. The van der Waals surface area contributed by atoms with Gasteiger partial charge in [-0.3, -0.25) is 0 Å². The third-order valence-electron chi connectivity index (χ3n) is 4.77. The van der Waals surface area contributed by atoms with E-state index in [0.717, 1.165) is 5.56 Å². The van der Waals surface area contributed by atoms with Gasteiger partial charge in [0.15, 0.2) is 5.75 Å². The van der Waals surface area contributed by atoms with E-state index < -0.39 is 0 Å². The summed E-state index contributed by atoms with van der Waals surface area (Å²) in [7, 11) is 1.57. The standard InChI is InChI=1S/C23H24NO4/c1-17-5-7-18(8-6-17)23(2,3)19-9-11-21(12-10-19)27-24(25)28-22-15-13-20(26-4)14-16-22/h5-16H,1-4H3/q-1. The first-order valence-corrected chi connectivity index (χ1v) is 9.03. The first kappa shape index (κ1) is 19.7. The molecule has 3 aromatic rings. The smallest absolute Gasteiger partial charge is 0.150 e. The number of aryl methyl sites for hydroxylation is 1. The Morgan fingerprint density at radius 3 is 1.54 bits per heavy atom. The van der Waals surface area contributed by atoms with Crippen molar-refractivity contribution in [1.82, 2.24) is 5.39 Å². The molecule has 0 aromatic heterocycles. The van der Waals surface area contributed by atoms with Gasteiger partial charge in [-0.15, -0.1) is 0 Å². The summed E-state index contributed by atoms with van der Waals surface area (Å²) in [5, 5.41) is 12.0. The van der Waals surface area contributed by atoms with Gasteiger partial charge in [0.05, 0.1) is 7.11 Å². The predicted octanol–water partition coefficient (Wildman–Crippen LogP) is 5.42. The average molecular weight is 378 g/mol. The van der Waals surface area contributed by atoms with Crippen LogP contribution in [-0.4, -0.2) is 12.5 Å². The normalized spacial score (nSPS) is 11.4. The lowest BCUT2D eigenvalue weighted by Gasteiger charge is -2.28. The van der Waals surface area contributed by atoms with E-state index in [-0.39, 0.29) is 10.8 Å². The van der Waals surface area contributed by atoms with Gasteiger partial charge in [0.25, 0.3) is 0 Å². The van der Waals surface area contributed by atoms with Gasteiger partial charge in [-0.2, -0.15) is 0 Å². The molecule has 0 aliphatic carbocycles. The van der Waals surface area contributed by atoms with E-state index in [4.69, 9.17) is 14.4 Å². The largest absolute Gasteiger partial charge is 0.718 e. The zero-order valence-electron chi connectivity index (χ0n) is 16.5. The van der Waals surface area contributed by atoms with Crippen molar-refractivity contribution in [1.29, 1.82) is 0 Å². The van der Waals surface area contributed by atoms with Crippen LogP contribution in [0.1, 0.15) is 30.5 Å². The van der Waals surface area contributed by atoms with Crippen molar-refractivity contribution >= 4 is 0 Å². The number of methoxy groups -OCH3 is 1. The van der Waals surface area contributed by atoms with Gasteiger partial charge in [0.2, 0.25) is 0 Å². The molecule has 0 bridgehead atoms. The summed E-state index contributed by atoms with van der Waals surface area (Å²) in [4.78, 5) is 10.3. The van der Waals surface area contributed by atoms with Crippen molar-refractivity contribution in [3.63, 3.8) is 0 Å². The number of nitrogens with zero attached hydrogens (tertiary/aromatic N) is 1. The van der Waals surface area contributed by atoms with Gasteiger partial charge in [0.1, 0.15) is 11.5 Å². The Kier molecular flexibility index (Phi) is 5.87. The number of hydrogen-bond acceptors (Lipinski definition) is 5. The summed E-state index contributed by atoms with van der Waals surface area (Å²) < 4.78 is 5.07. The quantitative estimate of drug-likeness (QED) is 0.514. The molecule has 0 fully saturated rings. The van der Waals surface area contributed by atoms with E-state index in [9.17, 15) is 5.21 Å². The second-order valence-electron chi connectivity index (χ2n) is 7.10. The van der Waals surface area contributed by atoms with Crippen molar-refractivity contribution in [3.05, 3.63) is 94.7 Å². The summed E-state index contributed by atoms with van der Waals surface area (Å²) in [5.41, 5.74) is 3.41. The minimum atomic E-state index is -0.164. The van der Waals surface area contributed by atoms with E-state index in [1.54, 1.807) is 43.5 Å². The second-order valence-corrected chi connectivity index (χ2v) is 7.10. The number of ether oxygens (including phenoxy) is 1. The topological polar surface area (TPSA) is 54.0 Å². The number of rotatable bonds is 7. The molecule has 5 heteroatoms. The van der Waals surface area contributed by atoms with E-state index >= 15 is 0 Å². The van der Waals surface area contributed by atoms with E-state index in [1.807, 2.05) is 12.1 Å². The fraction of sp³-hybridized carbons (Fsp3) is 0.217. The third kappa shape index (κ3) is 4.63. The van der Waals surface area contributed by atoms with E-state index in [2.05, 4.69) is 45.0 Å². The molecule has 0 unspecified atom stereocenters. The fourth-order valence-corrected chi connectivity index (χ4v) is 2.90. The Bertz CT molecular complexity index is 887. The van der Waals surface area contributed by atoms with Crippen LogP contribution in [0.4, 0.5) is 0 Å². The minimum absolute atomic E-state index is 0.0852. The Hall–Kier alpha value is -3.02. The molecule has 0 aliphatic rings. The highest BCUT2D eigenvalue weighted by Crippen LogP contribution is 2.32. The van der Waals surface area contributed by atoms with Gasteiger partial charge in [0, 0.05) is 5.41 Å². The van der Waals surface area contributed by atoms with E-state index in [1.165, 1.54) is 11.1 Å². The maximum atomic E-state index is 11.9. The van der Waals surface area contributed by atoms with Crippen LogP contribution in [0.15, 0.2) is 72.8 Å².